The van der Waals surface area contributed by atoms with Gasteiger partial charge in [-0.1, -0.05) is 103 Å². The number of para-hydroxylation sites is 1. The molecule has 0 aliphatic carbocycles. The van der Waals surface area contributed by atoms with E-state index in [1.54, 1.807) is 0 Å². The van der Waals surface area contributed by atoms with Crippen LogP contribution in [0.3, 0.4) is 0 Å². The zero-order valence-electron chi connectivity index (χ0n) is 20.6. The van der Waals surface area contributed by atoms with E-state index >= 15 is 0 Å². The van der Waals surface area contributed by atoms with E-state index in [4.69, 9.17) is 0 Å². The smallest absolute Gasteiger partial charge is 0.0555 e. The highest BCUT2D eigenvalue weighted by atomic mass is 32.1. The summed E-state index contributed by atoms with van der Waals surface area (Å²) in [5, 5.41) is 10.2. The van der Waals surface area contributed by atoms with Gasteiger partial charge in [0.05, 0.1) is 11.4 Å². The Morgan fingerprint density at radius 1 is 0.395 bits per heavy atom. The van der Waals surface area contributed by atoms with Crippen molar-refractivity contribution in [2.45, 2.75) is 0 Å². The number of fused-ring (bicyclic) bond motifs is 8. The minimum Gasteiger partial charge on any atom is -0.309 e. The van der Waals surface area contributed by atoms with Crippen molar-refractivity contribution in [2.75, 3.05) is 4.90 Å². The molecule has 2 heteroatoms. The van der Waals surface area contributed by atoms with Crippen molar-refractivity contribution >= 4 is 80.9 Å². The van der Waals surface area contributed by atoms with Crippen LogP contribution in [0.25, 0.3) is 52.5 Å². The van der Waals surface area contributed by atoms with Crippen LogP contribution in [0.5, 0.6) is 0 Å². The SMILES string of the molecule is c1ccc(N(c2cc3c4ccccc4ccc3c3ccccc23)c2cccc3sc4ccccc4c23)cc1. The maximum absolute atomic E-state index is 2.46. The van der Waals surface area contributed by atoms with E-state index < -0.39 is 0 Å². The van der Waals surface area contributed by atoms with E-state index in [-0.39, 0.29) is 0 Å². The average molecular weight is 502 g/mol. The zero-order chi connectivity index (χ0) is 25.1. The van der Waals surface area contributed by atoms with Crippen LogP contribution in [0.15, 0.2) is 140 Å². The van der Waals surface area contributed by atoms with E-state index in [1.807, 2.05) is 11.3 Å². The highest BCUT2D eigenvalue weighted by Gasteiger charge is 2.21. The molecule has 1 aromatic heterocycles. The van der Waals surface area contributed by atoms with Gasteiger partial charge in [-0.3, -0.25) is 0 Å². The fourth-order valence-electron chi connectivity index (χ4n) is 5.95. The van der Waals surface area contributed by atoms with Gasteiger partial charge in [-0.15, -0.1) is 11.3 Å². The van der Waals surface area contributed by atoms with Crippen molar-refractivity contribution in [2.24, 2.45) is 0 Å². The van der Waals surface area contributed by atoms with Crippen LogP contribution in [0.1, 0.15) is 0 Å². The highest BCUT2D eigenvalue weighted by molar-refractivity contribution is 7.26. The van der Waals surface area contributed by atoms with Gasteiger partial charge in [-0.25, -0.2) is 0 Å². The second-order valence-electron chi connectivity index (χ2n) is 9.74. The molecular formula is C36H23NS. The molecule has 8 aromatic rings. The summed E-state index contributed by atoms with van der Waals surface area (Å²) < 4.78 is 2.62. The molecule has 0 bridgehead atoms. The molecule has 38 heavy (non-hydrogen) atoms. The number of hydrogen-bond donors (Lipinski definition) is 0. The Morgan fingerprint density at radius 3 is 1.92 bits per heavy atom. The van der Waals surface area contributed by atoms with Gasteiger partial charge in [0.2, 0.25) is 0 Å². The lowest BCUT2D eigenvalue weighted by atomic mass is 9.95. The summed E-state index contributed by atoms with van der Waals surface area (Å²) in [6.45, 7) is 0. The number of rotatable bonds is 3. The van der Waals surface area contributed by atoms with Crippen molar-refractivity contribution < 1.29 is 0 Å². The molecule has 1 heterocycles. The zero-order valence-corrected chi connectivity index (χ0v) is 21.5. The molecule has 178 valence electrons. The van der Waals surface area contributed by atoms with Gasteiger partial charge in [-0.2, -0.15) is 0 Å². The highest BCUT2D eigenvalue weighted by Crippen LogP contribution is 2.47. The number of benzene rings is 7. The standard InChI is InChI=1S/C36H23NS/c1-2-12-25(13-3-1)37(32-18-10-20-35-36(32)30-17-8-9-19-34(30)38-35)33-23-31-26-14-5-4-11-24(26)21-22-28(31)27-15-6-7-16-29(27)33/h1-23H. The minimum atomic E-state index is 1.15. The molecule has 7 aromatic carbocycles. The van der Waals surface area contributed by atoms with E-state index in [1.165, 1.54) is 63.9 Å². The predicted molar refractivity (Wildman–Crippen MR) is 167 cm³/mol. The molecule has 0 amide bonds. The lowest BCUT2D eigenvalue weighted by molar-refractivity contribution is 1.32. The number of nitrogens with zero attached hydrogens (tertiary/aromatic N) is 1. The topological polar surface area (TPSA) is 3.24 Å². The van der Waals surface area contributed by atoms with Gasteiger partial charge in [0.15, 0.2) is 0 Å². The largest absolute Gasteiger partial charge is 0.309 e. The molecule has 1 nitrogen and oxygen atoms in total. The molecule has 0 saturated heterocycles. The summed E-state index contributed by atoms with van der Waals surface area (Å²) in [6.07, 6.45) is 0. The third-order valence-corrected chi connectivity index (χ3v) is 8.76. The monoisotopic (exact) mass is 501 g/mol. The Morgan fingerprint density at radius 2 is 1.05 bits per heavy atom. The second-order valence-corrected chi connectivity index (χ2v) is 10.8. The van der Waals surface area contributed by atoms with Crippen molar-refractivity contribution in [3.05, 3.63) is 140 Å². The van der Waals surface area contributed by atoms with Crippen LogP contribution in [-0.4, -0.2) is 0 Å². The molecule has 0 spiro atoms. The van der Waals surface area contributed by atoms with Gasteiger partial charge >= 0.3 is 0 Å². The summed E-state index contributed by atoms with van der Waals surface area (Å²) in [6, 6.07) is 50.8. The molecule has 0 aliphatic heterocycles. The van der Waals surface area contributed by atoms with Gasteiger partial charge < -0.3 is 4.90 Å². The molecule has 8 rings (SSSR count). The molecule has 0 N–H and O–H groups in total. The summed E-state index contributed by atoms with van der Waals surface area (Å²) in [5.74, 6) is 0. The Hall–Kier alpha value is -4.66. The normalized spacial score (nSPS) is 11.7. The fraction of sp³-hybridized carbons (Fsp3) is 0. The maximum Gasteiger partial charge on any atom is 0.0555 e. The summed E-state index contributed by atoms with van der Waals surface area (Å²) in [5.41, 5.74) is 3.55. The first kappa shape index (κ1) is 21.4. The summed E-state index contributed by atoms with van der Waals surface area (Å²) in [4.78, 5) is 2.46. The third-order valence-electron chi connectivity index (χ3n) is 7.62. The van der Waals surface area contributed by atoms with E-state index in [0.717, 1.165) is 5.69 Å². The predicted octanol–water partition coefficient (Wildman–Crippen LogP) is 11.0. The van der Waals surface area contributed by atoms with Crippen LogP contribution in [0.4, 0.5) is 17.1 Å². The summed E-state index contributed by atoms with van der Waals surface area (Å²) >= 11 is 1.87. The molecule has 0 atom stereocenters. The van der Waals surface area contributed by atoms with Crippen LogP contribution in [0.2, 0.25) is 0 Å². The van der Waals surface area contributed by atoms with Gasteiger partial charge in [0.25, 0.3) is 0 Å². The van der Waals surface area contributed by atoms with Gasteiger partial charge in [0, 0.05) is 31.2 Å². The Labute approximate surface area is 224 Å². The average Bonchev–Trinajstić information content (AvgIpc) is 3.37. The van der Waals surface area contributed by atoms with E-state index in [2.05, 4.69) is 144 Å². The molecule has 0 fully saturated rings. The number of anilines is 3. The van der Waals surface area contributed by atoms with Gasteiger partial charge in [-0.05, 0) is 63.3 Å². The lowest BCUT2D eigenvalue weighted by Gasteiger charge is -2.28. The maximum atomic E-state index is 2.46. The van der Waals surface area contributed by atoms with Crippen LogP contribution in [-0.2, 0) is 0 Å². The van der Waals surface area contributed by atoms with Crippen molar-refractivity contribution in [1.29, 1.82) is 0 Å². The van der Waals surface area contributed by atoms with Crippen LogP contribution >= 0.6 is 11.3 Å². The fourth-order valence-corrected chi connectivity index (χ4v) is 7.08. The first-order chi connectivity index (χ1) is 18.9. The Kier molecular flexibility index (Phi) is 4.76. The first-order valence-corrected chi connectivity index (χ1v) is 13.8. The lowest BCUT2D eigenvalue weighted by Crippen LogP contribution is -2.11. The third kappa shape index (κ3) is 3.17. The number of hydrogen-bond acceptors (Lipinski definition) is 2. The van der Waals surface area contributed by atoms with E-state index in [9.17, 15) is 0 Å². The molecule has 0 unspecified atom stereocenters. The Bertz CT molecular complexity index is 2140. The van der Waals surface area contributed by atoms with Crippen molar-refractivity contribution in [1.82, 2.24) is 0 Å². The Balaban J connectivity index is 1.55. The van der Waals surface area contributed by atoms with Crippen molar-refractivity contribution in [3.63, 3.8) is 0 Å². The van der Waals surface area contributed by atoms with Crippen LogP contribution < -0.4 is 4.90 Å². The number of thiophene rings is 1. The molecule has 0 radical (unpaired) electrons. The van der Waals surface area contributed by atoms with Crippen LogP contribution in [0, 0.1) is 0 Å². The van der Waals surface area contributed by atoms with Gasteiger partial charge in [0.1, 0.15) is 0 Å². The summed E-state index contributed by atoms with van der Waals surface area (Å²) in [7, 11) is 0. The minimum absolute atomic E-state index is 1.15. The second kappa shape index (κ2) is 8.44. The molecule has 0 saturated carbocycles. The molecule has 0 aliphatic rings. The molecular weight excluding hydrogens is 478 g/mol. The van der Waals surface area contributed by atoms with Crippen molar-refractivity contribution in [3.8, 4) is 0 Å². The quantitative estimate of drug-likeness (QED) is 0.218. The van der Waals surface area contributed by atoms with E-state index in [0.29, 0.717) is 0 Å². The first-order valence-electron chi connectivity index (χ1n) is 13.0.